The van der Waals surface area contributed by atoms with E-state index >= 15 is 0 Å². The van der Waals surface area contributed by atoms with Crippen LogP contribution in [0.5, 0.6) is 0 Å². The fraction of sp³-hybridized carbons (Fsp3) is 0.571. The van der Waals surface area contributed by atoms with E-state index in [1.165, 1.54) is 16.7 Å². The molecule has 0 amide bonds. The SMILES string of the molecule is C.C=C(CC)/C(C)=C\C(C)=C/C.CC. The van der Waals surface area contributed by atoms with Gasteiger partial charge in [-0.05, 0) is 32.8 Å². The van der Waals surface area contributed by atoms with Gasteiger partial charge in [0.05, 0.1) is 0 Å². The Hall–Kier alpha value is -0.780. The second kappa shape index (κ2) is 12.2. The van der Waals surface area contributed by atoms with Gasteiger partial charge in [0.25, 0.3) is 0 Å². The molecule has 0 heteroatoms. The minimum Gasteiger partial charge on any atom is -0.0956 e. The van der Waals surface area contributed by atoms with Crippen LogP contribution < -0.4 is 0 Å². The standard InChI is InChI=1S/C11H18.C2H6.CH4/c1-6-9(3)8-11(5)10(4)7-2;1-2;/h6,8H,4,7H2,1-3,5H3;1-2H3;1H4/b9-6-,11-8-;;. The molecule has 14 heavy (non-hydrogen) atoms. The summed E-state index contributed by atoms with van der Waals surface area (Å²) in [6.45, 7) is 16.4. The van der Waals surface area contributed by atoms with Crippen LogP contribution in [0.1, 0.15) is 55.4 Å². The highest BCUT2D eigenvalue weighted by Gasteiger charge is 1.92. The number of hydrogen-bond acceptors (Lipinski definition) is 0. The summed E-state index contributed by atoms with van der Waals surface area (Å²) >= 11 is 0. The maximum absolute atomic E-state index is 3.96. The summed E-state index contributed by atoms with van der Waals surface area (Å²) in [5, 5.41) is 0. The molecule has 0 bridgehead atoms. The van der Waals surface area contributed by atoms with E-state index in [1.54, 1.807) is 0 Å². The highest BCUT2D eigenvalue weighted by Crippen LogP contribution is 2.12. The Morgan fingerprint density at radius 1 is 1.21 bits per heavy atom. The predicted molar refractivity (Wildman–Crippen MR) is 70.7 cm³/mol. The molecule has 0 N–H and O–H groups in total. The highest BCUT2D eigenvalue weighted by atomic mass is 14.0. The molecule has 0 aromatic heterocycles. The molecular weight excluding hydrogens is 168 g/mol. The average molecular weight is 196 g/mol. The van der Waals surface area contributed by atoms with Crippen molar-refractivity contribution in [1.82, 2.24) is 0 Å². The molecule has 0 saturated carbocycles. The molecule has 0 aromatic rings. The van der Waals surface area contributed by atoms with E-state index in [2.05, 4.69) is 39.5 Å². The summed E-state index contributed by atoms with van der Waals surface area (Å²) < 4.78 is 0. The monoisotopic (exact) mass is 196 g/mol. The Morgan fingerprint density at radius 3 is 1.93 bits per heavy atom. The van der Waals surface area contributed by atoms with Gasteiger partial charge in [-0.2, -0.15) is 0 Å². The molecule has 0 radical (unpaired) electrons. The van der Waals surface area contributed by atoms with Crippen molar-refractivity contribution in [2.24, 2.45) is 0 Å². The molecular formula is C14H28. The van der Waals surface area contributed by atoms with Crippen LogP contribution in [0.25, 0.3) is 0 Å². The molecule has 0 saturated heterocycles. The number of hydrogen-bond donors (Lipinski definition) is 0. The molecule has 0 fully saturated rings. The summed E-state index contributed by atoms with van der Waals surface area (Å²) in [5.41, 5.74) is 3.83. The highest BCUT2D eigenvalue weighted by molar-refractivity contribution is 5.32. The van der Waals surface area contributed by atoms with E-state index in [-0.39, 0.29) is 7.43 Å². The third-order valence-corrected chi connectivity index (χ3v) is 1.88. The van der Waals surface area contributed by atoms with Crippen molar-refractivity contribution in [3.05, 3.63) is 35.5 Å². The van der Waals surface area contributed by atoms with Crippen LogP contribution in [0.15, 0.2) is 35.5 Å². The third kappa shape index (κ3) is 9.31. The summed E-state index contributed by atoms with van der Waals surface area (Å²) in [5.74, 6) is 0. The van der Waals surface area contributed by atoms with Crippen molar-refractivity contribution < 1.29 is 0 Å². The molecule has 0 rings (SSSR count). The molecule has 0 heterocycles. The quantitative estimate of drug-likeness (QED) is 0.521. The lowest BCUT2D eigenvalue weighted by Crippen LogP contribution is -1.81. The van der Waals surface area contributed by atoms with Crippen molar-refractivity contribution in [2.75, 3.05) is 0 Å². The van der Waals surface area contributed by atoms with E-state index in [0.29, 0.717) is 0 Å². The van der Waals surface area contributed by atoms with Crippen molar-refractivity contribution in [3.63, 3.8) is 0 Å². The third-order valence-electron chi connectivity index (χ3n) is 1.88. The van der Waals surface area contributed by atoms with Gasteiger partial charge >= 0.3 is 0 Å². The summed E-state index contributed by atoms with van der Waals surface area (Å²) in [7, 11) is 0. The first-order chi connectivity index (χ1) is 6.11. The first kappa shape index (κ1) is 18.9. The normalized spacial score (nSPS) is 11.0. The fourth-order valence-electron chi connectivity index (χ4n) is 0.806. The van der Waals surface area contributed by atoms with E-state index < -0.39 is 0 Å². The fourth-order valence-corrected chi connectivity index (χ4v) is 0.806. The van der Waals surface area contributed by atoms with Crippen LogP contribution in [-0.2, 0) is 0 Å². The summed E-state index contributed by atoms with van der Waals surface area (Å²) in [6.07, 6.45) is 5.32. The van der Waals surface area contributed by atoms with E-state index in [9.17, 15) is 0 Å². The molecule has 0 aliphatic heterocycles. The van der Waals surface area contributed by atoms with Gasteiger partial charge in [0.1, 0.15) is 0 Å². The molecule has 0 aliphatic carbocycles. The number of allylic oxidation sites excluding steroid dienone is 5. The zero-order valence-electron chi connectivity index (χ0n) is 10.1. The second-order valence-corrected chi connectivity index (χ2v) is 2.82. The molecule has 0 spiro atoms. The summed E-state index contributed by atoms with van der Waals surface area (Å²) in [4.78, 5) is 0. The van der Waals surface area contributed by atoms with Gasteiger partial charge in [-0.25, -0.2) is 0 Å². The predicted octanol–water partition coefficient (Wildman–Crippen LogP) is 5.53. The Morgan fingerprint density at radius 2 is 1.64 bits per heavy atom. The lowest BCUT2D eigenvalue weighted by atomic mass is 10.0. The van der Waals surface area contributed by atoms with E-state index in [0.717, 1.165) is 6.42 Å². The van der Waals surface area contributed by atoms with Crippen molar-refractivity contribution >= 4 is 0 Å². The Bertz CT molecular complexity index is 192. The molecule has 84 valence electrons. The van der Waals surface area contributed by atoms with Crippen LogP contribution in [0, 0.1) is 0 Å². The maximum Gasteiger partial charge on any atom is -0.0311 e. The molecule has 0 aliphatic rings. The lowest BCUT2D eigenvalue weighted by molar-refractivity contribution is 1.11. The second-order valence-electron chi connectivity index (χ2n) is 2.82. The molecule has 0 aromatic carbocycles. The van der Waals surface area contributed by atoms with Gasteiger partial charge in [0, 0.05) is 0 Å². The van der Waals surface area contributed by atoms with Crippen LogP contribution in [0.2, 0.25) is 0 Å². The molecule has 0 unspecified atom stereocenters. The zero-order valence-corrected chi connectivity index (χ0v) is 10.1. The van der Waals surface area contributed by atoms with Gasteiger partial charge in [-0.1, -0.05) is 58.1 Å². The van der Waals surface area contributed by atoms with Crippen molar-refractivity contribution in [2.45, 2.75) is 55.4 Å². The van der Waals surface area contributed by atoms with Gasteiger partial charge in [0.15, 0.2) is 0 Å². The minimum absolute atomic E-state index is 0. The topological polar surface area (TPSA) is 0 Å². The molecule has 0 atom stereocenters. The first-order valence-electron chi connectivity index (χ1n) is 5.11. The van der Waals surface area contributed by atoms with E-state index in [4.69, 9.17) is 0 Å². The first-order valence-corrected chi connectivity index (χ1v) is 5.11. The largest absolute Gasteiger partial charge is 0.0956 e. The Kier molecular flexibility index (Phi) is 16.5. The van der Waals surface area contributed by atoms with Crippen LogP contribution in [0.4, 0.5) is 0 Å². The minimum atomic E-state index is 0. The van der Waals surface area contributed by atoms with Crippen LogP contribution in [0.3, 0.4) is 0 Å². The smallest absolute Gasteiger partial charge is 0.0311 e. The van der Waals surface area contributed by atoms with Gasteiger partial charge in [-0.3, -0.25) is 0 Å². The van der Waals surface area contributed by atoms with Crippen LogP contribution >= 0.6 is 0 Å². The van der Waals surface area contributed by atoms with Crippen molar-refractivity contribution in [3.8, 4) is 0 Å². The Balaban J connectivity index is -0.000000376. The lowest BCUT2D eigenvalue weighted by Gasteiger charge is -2.01. The number of rotatable bonds is 3. The summed E-state index contributed by atoms with van der Waals surface area (Å²) in [6, 6.07) is 0. The Labute approximate surface area is 91.4 Å². The van der Waals surface area contributed by atoms with Gasteiger partial charge < -0.3 is 0 Å². The van der Waals surface area contributed by atoms with Gasteiger partial charge in [-0.15, -0.1) is 0 Å². The maximum atomic E-state index is 3.96. The van der Waals surface area contributed by atoms with Crippen LogP contribution in [-0.4, -0.2) is 0 Å². The van der Waals surface area contributed by atoms with Gasteiger partial charge in [0.2, 0.25) is 0 Å². The van der Waals surface area contributed by atoms with E-state index in [1.807, 2.05) is 20.8 Å². The average Bonchev–Trinajstić information content (AvgIpc) is 2.19. The molecule has 0 nitrogen and oxygen atoms in total. The zero-order chi connectivity index (χ0) is 10.9. The van der Waals surface area contributed by atoms with Crippen molar-refractivity contribution in [1.29, 1.82) is 0 Å².